The molecule has 4 nitrogen and oxygen atoms in total. The van der Waals surface area contributed by atoms with Gasteiger partial charge in [0, 0.05) is 45.1 Å². The van der Waals surface area contributed by atoms with Crippen LogP contribution >= 0.6 is 0 Å². The maximum Gasteiger partial charge on any atom is 0.0706 e. The second kappa shape index (κ2) is 14.1. The zero-order chi connectivity index (χ0) is 37.4. The molecule has 1 aliphatic heterocycles. The van der Waals surface area contributed by atoms with E-state index in [1.165, 1.54) is 11.1 Å². The van der Waals surface area contributed by atoms with Crippen LogP contribution in [-0.2, 0) is 5.41 Å². The molecule has 0 fully saturated rings. The molecule has 9 rings (SSSR count). The number of rotatable bonds is 8. The van der Waals surface area contributed by atoms with E-state index in [4.69, 9.17) is 4.98 Å². The van der Waals surface area contributed by atoms with E-state index in [1.54, 1.807) is 0 Å². The largest absolute Gasteiger partial charge is 0.310 e. The van der Waals surface area contributed by atoms with Crippen LogP contribution in [0.25, 0.3) is 11.3 Å². The summed E-state index contributed by atoms with van der Waals surface area (Å²) in [5.74, 6) is 0. The summed E-state index contributed by atoms with van der Waals surface area (Å²) >= 11 is 0. The van der Waals surface area contributed by atoms with Crippen LogP contribution in [0.4, 0.5) is 51.2 Å². The average Bonchev–Trinajstić information content (AvgIpc) is 3.24. The van der Waals surface area contributed by atoms with Crippen molar-refractivity contribution in [2.45, 2.75) is 26.2 Å². The first-order valence-corrected chi connectivity index (χ1v) is 18.9. The summed E-state index contributed by atoms with van der Waals surface area (Å²) in [6.45, 7) is 6.93. The lowest BCUT2D eigenvalue weighted by molar-refractivity contribution is 0.632. The van der Waals surface area contributed by atoms with E-state index in [0.717, 1.165) is 68.0 Å². The van der Waals surface area contributed by atoms with E-state index in [0.29, 0.717) is 0 Å². The third-order valence-corrected chi connectivity index (χ3v) is 10.8. The van der Waals surface area contributed by atoms with Gasteiger partial charge in [0.2, 0.25) is 0 Å². The molecule has 0 saturated carbocycles. The van der Waals surface area contributed by atoms with E-state index in [-0.39, 0.29) is 5.41 Å². The Morgan fingerprint density at radius 2 is 0.800 bits per heavy atom. The summed E-state index contributed by atoms with van der Waals surface area (Å²) in [5, 5.41) is 0. The summed E-state index contributed by atoms with van der Waals surface area (Å²) in [7, 11) is 0. The predicted octanol–water partition coefficient (Wildman–Crippen LogP) is 14.1. The van der Waals surface area contributed by atoms with E-state index in [9.17, 15) is 0 Å². The van der Waals surface area contributed by atoms with Crippen molar-refractivity contribution in [3.05, 3.63) is 217 Å². The van der Waals surface area contributed by atoms with Gasteiger partial charge in [0.25, 0.3) is 0 Å². The van der Waals surface area contributed by atoms with Gasteiger partial charge in [-0.2, -0.15) is 0 Å². The van der Waals surface area contributed by atoms with Gasteiger partial charge in [-0.15, -0.1) is 0 Å². The van der Waals surface area contributed by atoms with E-state index in [2.05, 4.69) is 224 Å². The SMILES string of the molecule is Cc1cc(-c2ccccc2)ncc1N1c2ccc(N(c3ccccc3)c3ccccc3)cc2C(C)(C)c2cc(N(c3ccccc3)c3ccccc3)ccc21. The van der Waals surface area contributed by atoms with E-state index < -0.39 is 0 Å². The molecule has 7 aromatic carbocycles. The highest BCUT2D eigenvalue weighted by atomic mass is 15.2. The first kappa shape index (κ1) is 33.9. The second-order valence-electron chi connectivity index (χ2n) is 14.6. The average molecular weight is 711 g/mol. The Morgan fingerprint density at radius 1 is 0.418 bits per heavy atom. The van der Waals surface area contributed by atoms with Gasteiger partial charge in [0.1, 0.15) is 0 Å². The van der Waals surface area contributed by atoms with Gasteiger partial charge < -0.3 is 14.7 Å². The van der Waals surface area contributed by atoms with Gasteiger partial charge in [-0.05, 0) is 115 Å². The van der Waals surface area contributed by atoms with Crippen LogP contribution < -0.4 is 14.7 Å². The molecule has 0 amide bonds. The Bertz CT molecular complexity index is 2360. The fourth-order valence-electron chi connectivity index (χ4n) is 8.00. The van der Waals surface area contributed by atoms with Gasteiger partial charge in [0.15, 0.2) is 0 Å². The summed E-state index contributed by atoms with van der Waals surface area (Å²) in [4.78, 5) is 12.2. The molecular weight excluding hydrogens is 669 g/mol. The summed E-state index contributed by atoms with van der Waals surface area (Å²) in [6, 6.07) is 69.1. The Labute approximate surface area is 324 Å². The highest BCUT2D eigenvalue weighted by molar-refractivity contribution is 5.91. The lowest BCUT2D eigenvalue weighted by Gasteiger charge is -2.43. The number of pyridine rings is 1. The molecule has 0 spiro atoms. The molecule has 4 heteroatoms. The summed E-state index contributed by atoms with van der Waals surface area (Å²) < 4.78 is 0. The molecule has 0 N–H and O–H groups in total. The summed E-state index contributed by atoms with van der Waals surface area (Å²) in [5.41, 5.74) is 15.4. The van der Waals surface area contributed by atoms with Crippen molar-refractivity contribution in [1.82, 2.24) is 4.98 Å². The number of nitrogens with zero attached hydrogens (tertiary/aromatic N) is 4. The molecule has 55 heavy (non-hydrogen) atoms. The number of aromatic nitrogens is 1. The van der Waals surface area contributed by atoms with Gasteiger partial charge in [-0.3, -0.25) is 4.98 Å². The third-order valence-electron chi connectivity index (χ3n) is 10.8. The normalized spacial score (nSPS) is 12.7. The highest BCUT2D eigenvalue weighted by Crippen LogP contribution is 2.55. The third kappa shape index (κ3) is 6.22. The van der Waals surface area contributed by atoms with Crippen molar-refractivity contribution >= 4 is 51.2 Å². The van der Waals surface area contributed by atoms with Crippen molar-refractivity contribution in [3.8, 4) is 11.3 Å². The maximum absolute atomic E-state index is 5.06. The van der Waals surface area contributed by atoms with Gasteiger partial charge >= 0.3 is 0 Å². The van der Waals surface area contributed by atoms with Crippen LogP contribution in [0, 0.1) is 6.92 Å². The molecule has 0 bridgehead atoms. The molecule has 8 aromatic rings. The zero-order valence-electron chi connectivity index (χ0n) is 31.3. The van der Waals surface area contributed by atoms with Crippen LogP contribution in [0.5, 0.6) is 0 Å². The van der Waals surface area contributed by atoms with Crippen LogP contribution in [0.1, 0.15) is 30.5 Å². The van der Waals surface area contributed by atoms with Crippen molar-refractivity contribution < 1.29 is 0 Å². The lowest BCUT2D eigenvalue weighted by Crippen LogP contribution is -2.31. The Hall–Kier alpha value is -6.91. The van der Waals surface area contributed by atoms with Gasteiger partial charge in [0.05, 0.1) is 29.0 Å². The molecule has 0 aliphatic carbocycles. The van der Waals surface area contributed by atoms with Crippen LogP contribution in [0.2, 0.25) is 0 Å². The number of anilines is 9. The molecule has 0 saturated heterocycles. The zero-order valence-corrected chi connectivity index (χ0v) is 31.3. The Kier molecular flexibility index (Phi) is 8.72. The monoisotopic (exact) mass is 710 g/mol. The quantitative estimate of drug-likeness (QED) is 0.157. The van der Waals surface area contributed by atoms with Crippen molar-refractivity contribution in [2.24, 2.45) is 0 Å². The molecule has 0 unspecified atom stereocenters. The number of aryl methyl sites for hydroxylation is 1. The van der Waals surface area contributed by atoms with Gasteiger partial charge in [-0.25, -0.2) is 0 Å². The van der Waals surface area contributed by atoms with Crippen LogP contribution in [0.15, 0.2) is 200 Å². The molecule has 2 heterocycles. The van der Waals surface area contributed by atoms with E-state index in [1.807, 2.05) is 12.3 Å². The molecule has 266 valence electrons. The molecule has 1 aliphatic rings. The smallest absolute Gasteiger partial charge is 0.0706 e. The number of para-hydroxylation sites is 4. The standard InChI is InChI=1S/C51H42N4/c1-37-33-47(38-19-9-4-10-20-38)52-36-50(37)55-48-31-29-43(53(39-21-11-5-12-22-39)40-23-13-6-14-24-40)34-45(48)51(2,3)46-35-44(30-32-49(46)55)54(41-25-15-7-16-26-41)42-27-17-8-18-28-42/h4-36H,1-3H3. The highest BCUT2D eigenvalue weighted by Gasteiger charge is 2.39. The van der Waals surface area contributed by atoms with Crippen LogP contribution in [0.3, 0.4) is 0 Å². The number of fused-ring (bicyclic) bond motifs is 2. The second-order valence-corrected chi connectivity index (χ2v) is 14.6. The Morgan fingerprint density at radius 3 is 1.18 bits per heavy atom. The molecular formula is C51H42N4. The van der Waals surface area contributed by atoms with Crippen molar-refractivity contribution in [3.63, 3.8) is 0 Å². The topological polar surface area (TPSA) is 22.6 Å². The molecule has 1 aromatic heterocycles. The first-order valence-electron chi connectivity index (χ1n) is 18.9. The molecule has 0 atom stereocenters. The first-order chi connectivity index (χ1) is 27.0. The summed E-state index contributed by atoms with van der Waals surface area (Å²) in [6.07, 6.45) is 2.05. The predicted molar refractivity (Wildman–Crippen MR) is 231 cm³/mol. The maximum atomic E-state index is 5.06. The van der Waals surface area contributed by atoms with Crippen LogP contribution in [-0.4, -0.2) is 4.98 Å². The van der Waals surface area contributed by atoms with Crippen molar-refractivity contribution in [2.75, 3.05) is 14.7 Å². The fraction of sp³-hybridized carbons (Fsp3) is 0.0784. The Balaban J connectivity index is 1.26. The number of benzene rings is 7. The lowest BCUT2D eigenvalue weighted by atomic mass is 9.73. The minimum atomic E-state index is -0.364. The van der Waals surface area contributed by atoms with Gasteiger partial charge in [-0.1, -0.05) is 117 Å². The number of hydrogen-bond acceptors (Lipinski definition) is 4. The minimum Gasteiger partial charge on any atom is -0.310 e. The fourth-order valence-corrected chi connectivity index (χ4v) is 8.00. The van der Waals surface area contributed by atoms with Crippen molar-refractivity contribution in [1.29, 1.82) is 0 Å². The number of hydrogen-bond donors (Lipinski definition) is 0. The molecule has 0 radical (unpaired) electrons. The van der Waals surface area contributed by atoms with E-state index >= 15 is 0 Å². The minimum absolute atomic E-state index is 0.364.